The van der Waals surface area contributed by atoms with Crippen molar-refractivity contribution in [3.63, 3.8) is 0 Å². The molecule has 0 aliphatic carbocycles. The molecule has 2 aromatic carbocycles. The third kappa shape index (κ3) is 4.89. The van der Waals surface area contributed by atoms with Crippen LogP contribution in [0.5, 0.6) is 5.75 Å². The minimum absolute atomic E-state index is 0.385. The number of carboxylic acid groups (broad SMARTS) is 1. The van der Waals surface area contributed by atoms with Gasteiger partial charge in [-0.25, -0.2) is 4.98 Å². The summed E-state index contributed by atoms with van der Waals surface area (Å²) in [6.45, 7) is 3.98. The molecule has 0 saturated carbocycles. The molecule has 2 heterocycles. The van der Waals surface area contributed by atoms with Crippen molar-refractivity contribution in [2.75, 3.05) is 13.2 Å². The van der Waals surface area contributed by atoms with Crippen molar-refractivity contribution in [3.05, 3.63) is 71.6 Å². The number of aromatic nitrogens is 1. The fourth-order valence-electron chi connectivity index (χ4n) is 3.79. The maximum atomic E-state index is 11.4. The summed E-state index contributed by atoms with van der Waals surface area (Å²) in [5, 5.41) is 9.35. The molecule has 0 bridgehead atoms. The third-order valence-electron chi connectivity index (χ3n) is 5.41. The SMILES string of the molecule is Cc1ccc(-c2nc(CCOc3cccc(CN4CCCC4C(=O)O)c3)co2)cc1. The quantitative estimate of drug-likeness (QED) is 0.600. The van der Waals surface area contributed by atoms with Crippen LogP contribution in [0.15, 0.2) is 59.2 Å². The number of nitrogens with zero attached hydrogens (tertiary/aromatic N) is 2. The lowest BCUT2D eigenvalue weighted by molar-refractivity contribution is -0.142. The Morgan fingerprint density at radius 1 is 1.27 bits per heavy atom. The number of ether oxygens (including phenoxy) is 1. The molecule has 30 heavy (non-hydrogen) atoms. The number of aryl methyl sites for hydroxylation is 1. The van der Waals surface area contributed by atoms with E-state index in [4.69, 9.17) is 9.15 Å². The van der Waals surface area contributed by atoms with Crippen molar-refractivity contribution in [2.45, 2.75) is 38.8 Å². The van der Waals surface area contributed by atoms with E-state index in [0.717, 1.165) is 35.5 Å². The smallest absolute Gasteiger partial charge is 0.320 e. The van der Waals surface area contributed by atoms with Gasteiger partial charge < -0.3 is 14.3 Å². The average molecular weight is 406 g/mol. The first-order valence-electron chi connectivity index (χ1n) is 10.3. The molecule has 0 spiro atoms. The van der Waals surface area contributed by atoms with Crippen LogP contribution in [0.4, 0.5) is 0 Å². The number of aliphatic carboxylic acids is 1. The minimum Gasteiger partial charge on any atom is -0.493 e. The Morgan fingerprint density at radius 3 is 2.90 bits per heavy atom. The van der Waals surface area contributed by atoms with E-state index in [1.807, 2.05) is 60.4 Å². The van der Waals surface area contributed by atoms with Gasteiger partial charge in [-0.15, -0.1) is 0 Å². The molecular formula is C24H26N2O4. The van der Waals surface area contributed by atoms with E-state index in [2.05, 4.69) is 4.98 Å². The third-order valence-corrected chi connectivity index (χ3v) is 5.41. The van der Waals surface area contributed by atoms with E-state index >= 15 is 0 Å². The zero-order chi connectivity index (χ0) is 20.9. The van der Waals surface area contributed by atoms with Crippen molar-refractivity contribution in [3.8, 4) is 17.2 Å². The largest absolute Gasteiger partial charge is 0.493 e. The lowest BCUT2D eigenvalue weighted by Crippen LogP contribution is -2.35. The second-order valence-electron chi connectivity index (χ2n) is 7.72. The summed E-state index contributed by atoms with van der Waals surface area (Å²) >= 11 is 0. The fraction of sp³-hybridized carbons (Fsp3) is 0.333. The average Bonchev–Trinajstić information content (AvgIpc) is 3.39. The summed E-state index contributed by atoms with van der Waals surface area (Å²) in [4.78, 5) is 17.9. The monoisotopic (exact) mass is 406 g/mol. The van der Waals surface area contributed by atoms with E-state index in [1.165, 1.54) is 5.56 Å². The standard InChI is InChI=1S/C24H26N2O4/c1-17-7-9-19(10-8-17)23-25-20(16-30-23)11-13-29-21-5-2-4-18(14-21)15-26-12-3-6-22(26)24(27)28/h2,4-5,7-10,14,16,22H,3,6,11-13,15H2,1H3,(H,27,28). The number of oxazole rings is 1. The molecule has 0 radical (unpaired) electrons. The normalized spacial score (nSPS) is 16.6. The first-order chi connectivity index (χ1) is 14.6. The van der Waals surface area contributed by atoms with Crippen molar-refractivity contribution in [1.29, 1.82) is 0 Å². The molecule has 3 aromatic rings. The van der Waals surface area contributed by atoms with Crippen LogP contribution in [-0.4, -0.2) is 40.2 Å². The molecule has 1 aromatic heterocycles. The van der Waals surface area contributed by atoms with Crippen LogP contribution in [0.25, 0.3) is 11.5 Å². The molecule has 6 heteroatoms. The van der Waals surface area contributed by atoms with Crippen LogP contribution in [0.2, 0.25) is 0 Å². The highest BCUT2D eigenvalue weighted by Gasteiger charge is 2.30. The van der Waals surface area contributed by atoms with Gasteiger partial charge >= 0.3 is 5.97 Å². The van der Waals surface area contributed by atoms with Gasteiger partial charge in [-0.05, 0) is 56.1 Å². The molecule has 1 N–H and O–H groups in total. The Morgan fingerprint density at radius 2 is 2.10 bits per heavy atom. The Hall–Kier alpha value is -3.12. The Bertz CT molecular complexity index is 996. The van der Waals surface area contributed by atoms with Gasteiger partial charge in [-0.1, -0.05) is 29.8 Å². The van der Waals surface area contributed by atoms with Crippen molar-refractivity contribution in [1.82, 2.24) is 9.88 Å². The van der Waals surface area contributed by atoms with E-state index in [0.29, 0.717) is 31.9 Å². The van der Waals surface area contributed by atoms with Gasteiger partial charge in [0.25, 0.3) is 0 Å². The summed E-state index contributed by atoms with van der Waals surface area (Å²) in [7, 11) is 0. The number of hydrogen-bond donors (Lipinski definition) is 1. The molecular weight excluding hydrogens is 380 g/mol. The molecule has 1 aliphatic rings. The minimum atomic E-state index is -0.738. The van der Waals surface area contributed by atoms with Gasteiger partial charge in [0.2, 0.25) is 5.89 Å². The summed E-state index contributed by atoms with van der Waals surface area (Å²) in [6.07, 6.45) is 3.96. The van der Waals surface area contributed by atoms with Gasteiger partial charge in [0.15, 0.2) is 0 Å². The van der Waals surface area contributed by atoms with E-state index in [9.17, 15) is 9.90 Å². The van der Waals surface area contributed by atoms with Gasteiger partial charge in [-0.3, -0.25) is 9.69 Å². The first-order valence-corrected chi connectivity index (χ1v) is 10.3. The Balaban J connectivity index is 1.31. The summed E-state index contributed by atoms with van der Waals surface area (Å²) < 4.78 is 11.5. The highest BCUT2D eigenvalue weighted by molar-refractivity contribution is 5.73. The lowest BCUT2D eigenvalue weighted by atomic mass is 10.1. The molecule has 1 aliphatic heterocycles. The maximum Gasteiger partial charge on any atom is 0.320 e. The van der Waals surface area contributed by atoms with Gasteiger partial charge in [0, 0.05) is 18.5 Å². The highest BCUT2D eigenvalue weighted by atomic mass is 16.5. The summed E-state index contributed by atoms with van der Waals surface area (Å²) in [6, 6.07) is 15.6. The van der Waals surface area contributed by atoms with Crippen molar-refractivity contribution in [2.24, 2.45) is 0 Å². The zero-order valence-electron chi connectivity index (χ0n) is 17.1. The Labute approximate surface area is 176 Å². The van der Waals surface area contributed by atoms with Crippen molar-refractivity contribution < 1.29 is 19.1 Å². The molecule has 1 atom stereocenters. The van der Waals surface area contributed by atoms with Gasteiger partial charge in [0.05, 0.1) is 12.3 Å². The molecule has 0 amide bonds. The second-order valence-corrected chi connectivity index (χ2v) is 7.72. The maximum absolute atomic E-state index is 11.4. The predicted molar refractivity (Wildman–Crippen MR) is 113 cm³/mol. The summed E-state index contributed by atoms with van der Waals surface area (Å²) in [5.74, 6) is 0.656. The summed E-state index contributed by atoms with van der Waals surface area (Å²) in [5.41, 5.74) is 4.07. The molecule has 1 unspecified atom stereocenters. The number of carbonyl (C=O) groups is 1. The molecule has 4 rings (SSSR count). The van der Waals surface area contributed by atoms with Crippen LogP contribution < -0.4 is 4.74 Å². The van der Waals surface area contributed by atoms with Crippen LogP contribution in [0, 0.1) is 6.92 Å². The predicted octanol–water partition coefficient (Wildman–Crippen LogP) is 4.32. The number of hydrogen-bond acceptors (Lipinski definition) is 5. The van der Waals surface area contributed by atoms with E-state index in [-0.39, 0.29) is 6.04 Å². The second kappa shape index (κ2) is 9.13. The molecule has 1 fully saturated rings. The molecule has 6 nitrogen and oxygen atoms in total. The van der Waals surface area contributed by atoms with E-state index in [1.54, 1.807) is 6.26 Å². The van der Waals surface area contributed by atoms with Crippen LogP contribution >= 0.6 is 0 Å². The van der Waals surface area contributed by atoms with E-state index < -0.39 is 5.97 Å². The number of carboxylic acids is 1. The zero-order valence-corrected chi connectivity index (χ0v) is 17.1. The highest BCUT2D eigenvalue weighted by Crippen LogP contribution is 2.23. The first kappa shape index (κ1) is 20.2. The topological polar surface area (TPSA) is 75.8 Å². The van der Waals surface area contributed by atoms with Crippen molar-refractivity contribution >= 4 is 5.97 Å². The van der Waals surface area contributed by atoms with Crippen LogP contribution in [0.1, 0.15) is 29.7 Å². The molecule has 156 valence electrons. The van der Waals surface area contributed by atoms with Gasteiger partial charge in [-0.2, -0.15) is 0 Å². The molecule has 1 saturated heterocycles. The fourth-order valence-corrected chi connectivity index (χ4v) is 3.79. The van der Waals surface area contributed by atoms with Gasteiger partial charge in [0.1, 0.15) is 18.1 Å². The van der Waals surface area contributed by atoms with Crippen LogP contribution in [0.3, 0.4) is 0 Å². The number of likely N-dealkylation sites (tertiary alicyclic amines) is 1. The number of benzene rings is 2. The van der Waals surface area contributed by atoms with Crippen LogP contribution in [-0.2, 0) is 17.8 Å². The lowest BCUT2D eigenvalue weighted by Gasteiger charge is -2.21. The Kier molecular flexibility index (Phi) is 6.14. The number of rotatable bonds is 8.